The molecule has 0 amide bonds. The van der Waals surface area contributed by atoms with Crippen LogP contribution in [0.2, 0.25) is 5.02 Å². The zero-order valence-electron chi connectivity index (χ0n) is 13.9. The molecule has 2 aromatic carbocycles. The number of sulfonamides is 1. The minimum atomic E-state index is -4.61. The standard InChI is InChI=1S/C17H15ClF3N3O2S/c18-15-8-3-11(10-14(15)17(19,20)21)16-2-1-9-24(23-16)27(25,26)13-6-4-12(22)5-7-13/h3-8,10H,1-2,9,22H2. The predicted octanol–water partition coefficient (Wildman–Crippen LogP) is 4.13. The molecule has 0 saturated carbocycles. The van der Waals surface area contributed by atoms with Crippen molar-refractivity contribution in [3.63, 3.8) is 0 Å². The molecular weight excluding hydrogens is 403 g/mol. The van der Waals surface area contributed by atoms with Crippen LogP contribution >= 0.6 is 11.6 Å². The molecule has 144 valence electrons. The lowest BCUT2D eigenvalue weighted by atomic mass is 10.0. The van der Waals surface area contributed by atoms with Gasteiger partial charge in [-0.15, -0.1) is 0 Å². The SMILES string of the molecule is Nc1ccc(S(=O)(=O)N2CCCC(c3ccc(Cl)c(C(F)(F)F)c3)=N2)cc1. The Labute approximate surface area is 159 Å². The third-order valence-corrected chi connectivity index (χ3v) is 6.07. The molecule has 0 atom stereocenters. The van der Waals surface area contributed by atoms with Gasteiger partial charge in [0.25, 0.3) is 10.0 Å². The number of benzene rings is 2. The molecule has 2 aromatic rings. The van der Waals surface area contributed by atoms with Crippen molar-refractivity contribution >= 4 is 33.0 Å². The second-order valence-corrected chi connectivity index (χ2v) is 8.21. The van der Waals surface area contributed by atoms with Gasteiger partial charge < -0.3 is 5.73 Å². The Morgan fingerprint density at radius 2 is 1.78 bits per heavy atom. The molecule has 0 aromatic heterocycles. The van der Waals surface area contributed by atoms with Gasteiger partial charge in [0.1, 0.15) is 0 Å². The number of nitrogens with zero attached hydrogens (tertiary/aromatic N) is 2. The second-order valence-electron chi connectivity index (χ2n) is 5.96. The molecule has 0 radical (unpaired) electrons. The van der Waals surface area contributed by atoms with Crippen molar-refractivity contribution in [1.82, 2.24) is 4.41 Å². The summed E-state index contributed by atoms with van der Waals surface area (Å²) in [5, 5.41) is 3.67. The maximum Gasteiger partial charge on any atom is 0.417 e. The summed E-state index contributed by atoms with van der Waals surface area (Å²) >= 11 is 5.64. The van der Waals surface area contributed by atoms with E-state index in [-0.39, 0.29) is 22.7 Å². The molecule has 0 bridgehead atoms. The predicted molar refractivity (Wildman–Crippen MR) is 97.0 cm³/mol. The van der Waals surface area contributed by atoms with Gasteiger partial charge in [-0.05, 0) is 54.8 Å². The molecule has 3 rings (SSSR count). The molecule has 5 nitrogen and oxygen atoms in total. The van der Waals surface area contributed by atoms with Gasteiger partial charge in [0.15, 0.2) is 0 Å². The van der Waals surface area contributed by atoms with Gasteiger partial charge in [-0.2, -0.15) is 31.1 Å². The first-order valence-electron chi connectivity index (χ1n) is 7.92. The summed E-state index contributed by atoms with van der Waals surface area (Å²) in [6.07, 6.45) is -3.83. The highest BCUT2D eigenvalue weighted by molar-refractivity contribution is 7.89. The number of alkyl halides is 3. The lowest BCUT2D eigenvalue weighted by Crippen LogP contribution is -2.32. The van der Waals surface area contributed by atoms with Crippen molar-refractivity contribution in [3.05, 3.63) is 58.6 Å². The lowest BCUT2D eigenvalue weighted by Gasteiger charge is -2.25. The van der Waals surface area contributed by atoms with Crippen molar-refractivity contribution in [3.8, 4) is 0 Å². The van der Waals surface area contributed by atoms with Crippen LogP contribution in [0.25, 0.3) is 0 Å². The van der Waals surface area contributed by atoms with Crippen LogP contribution in [0, 0.1) is 0 Å². The number of hydrogen-bond acceptors (Lipinski definition) is 4. The van der Waals surface area contributed by atoms with E-state index >= 15 is 0 Å². The molecule has 10 heteroatoms. The highest BCUT2D eigenvalue weighted by Crippen LogP contribution is 2.35. The fraction of sp³-hybridized carbons (Fsp3) is 0.235. The molecule has 0 aliphatic carbocycles. The zero-order chi connectivity index (χ0) is 19.8. The molecule has 1 aliphatic heterocycles. The highest BCUT2D eigenvalue weighted by atomic mass is 35.5. The number of nitrogen functional groups attached to an aromatic ring is 1. The third kappa shape index (κ3) is 4.03. The normalized spacial score (nSPS) is 15.6. The minimum Gasteiger partial charge on any atom is -0.399 e. The summed E-state index contributed by atoms with van der Waals surface area (Å²) in [7, 11) is -3.92. The molecule has 1 heterocycles. The van der Waals surface area contributed by atoms with Gasteiger partial charge in [-0.3, -0.25) is 0 Å². The van der Waals surface area contributed by atoms with Crippen molar-refractivity contribution in [2.75, 3.05) is 12.3 Å². The molecule has 0 unspecified atom stereocenters. The summed E-state index contributed by atoms with van der Waals surface area (Å²) in [6, 6.07) is 9.05. The van der Waals surface area contributed by atoms with E-state index in [1.165, 1.54) is 30.3 Å². The highest BCUT2D eigenvalue weighted by Gasteiger charge is 2.34. The summed E-state index contributed by atoms with van der Waals surface area (Å²) in [5.74, 6) is 0. The average molecular weight is 418 g/mol. The quantitative estimate of drug-likeness (QED) is 0.763. The van der Waals surface area contributed by atoms with Crippen LogP contribution in [-0.4, -0.2) is 25.1 Å². The Bertz CT molecular complexity index is 989. The molecule has 0 saturated heterocycles. The largest absolute Gasteiger partial charge is 0.417 e. The first-order chi connectivity index (χ1) is 12.6. The summed E-state index contributed by atoms with van der Waals surface area (Å²) in [6.45, 7) is 0.135. The smallest absolute Gasteiger partial charge is 0.399 e. The number of halogens is 4. The molecular formula is C17H15ClF3N3O2S. The molecule has 0 spiro atoms. The minimum absolute atomic E-state index is 0.00814. The van der Waals surface area contributed by atoms with Crippen molar-refractivity contribution < 1.29 is 21.6 Å². The zero-order valence-corrected chi connectivity index (χ0v) is 15.4. The monoisotopic (exact) mass is 417 g/mol. The number of nitrogens with two attached hydrogens (primary N) is 1. The van der Waals surface area contributed by atoms with Gasteiger partial charge in [-0.1, -0.05) is 17.7 Å². The number of anilines is 1. The Hall–Kier alpha value is -2.26. The second kappa shape index (κ2) is 7.05. The van der Waals surface area contributed by atoms with E-state index < -0.39 is 26.8 Å². The van der Waals surface area contributed by atoms with Gasteiger partial charge in [0.05, 0.1) is 27.7 Å². The van der Waals surface area contributed by atoms with E-state index in [1.54, 1.807) is 0 Å². The molecule has 0 fully saturated rings. The van der Waals surface area contributed by atoms with E-state index in [4.69, 9.17) is 17.3 Å². The van der Waals surface area contributed by atoms with Gasteiger partial charge in [0, 0.05) is 5.69 Å². The van der Waals surface area contributed by atoms with Crippen molar-refractivity contribution in [2.45, 2.75) is 23.9 Å². The molecule has 27 heavy (non-hydrogen) atoms. The maximum absolute atomic E-state index is 13.1. The fourth-order valence-electron chi connectivity index (χ4n) is 2.68. The number of hydrogen-bond donors (Lipinski definition) is 1. The van der Waals surface area contributed by atoms with Crippen LogP contribution in [0.4, 0.5) is 18.9 Å². The molecule has 1 aliphatic rings. The van der Waals surface area contributed by atoms with Crippen LogP contribution in [0.3, 0.4) is 0 Å². The van der Waals surface area contributed by atoms with E-state index in [2.05, 4.69) is 5.10 Å². The number of hydrazone groups is 1. The first-order valence-corrected chi connectivity index (χ1v) is 9.74. The van der Waals surface area contributed by atoms with E-state index in [9.17, 15) is 21.6 Å². The van der Waals surface area contributed by atoms with Crippen LogP contribution in [-0.2, 0) is 16.2 Å². The van der Waals surface area contributed by atoms with Gasteiger partial charge in [0.2, 0.25) is 0 Å². The summed E-state index contributed by atoms with van der Waals surface area (Å²) < 4.78 is 65.6. The van der Waals surface area contributed by atoms with Crippen LogP contribution in [0.1, 0.15) is 24.0 Å². The van der Waals surface area contributed by atoms with Crippen molar-refractivity contribution in [2.24, 2.45) is 5.10 Å². The summed E-state index contributed by atoms with van der Waals surface area (Å²) in [5.41, 5.74) is 5.44. The first kappa shape index (κ1) is 19.5. The fourth-order valence-corrected chi connectivity index (χ4v) is 4.20. The Morgan fingerprint density at radius 1 is 1.11 bits per heavy atom. The van der Waals surface area contributed by atoms with Crippen molar-refractivity contribution in [1.29, 1.82) is 0 Å². The lowest BCUT2D eigenvalue weighted by molar-refractivity contribution is -0.137. The Balaban J connectivity index is 1.99. The van der Waals surface area contributed by atoms with Gasteiger partial charge in [-0.25, -0.2) is 0 Å². The van der Waals surface area contributed by atoms with Gasteiger partial charge >= 0.3 is 6.18 Å². The summed E-state index contributed by atoms with van der Waals surface area (Å²) in [4.78, 5) is 0.00814. The Morgan fingerprint density at radius 3 is 2.41 bits per heavy atom. The third-order valence-electron chi connectivity index (χ3n) is 4.06. The molecule has 2 N–H and O–H groups in total. The Kier molecular flexibility index (Phi) is 5.09. The van der Waals surface area contributed by atoms with E-state index in [0.29, 0.717) is 18.5 Å². The number of rotatable bonds is 3. The van der Waals surface area contributed by atoms with Crippen LogP contribution in [0.5, 0.6) is 0 Å². The van der Waals surface area contributed by atoms with Crippen LogP contribution in [0.15, 0.2) is 52.5 Å². The van der Waals surface area contributed by atoms with E-state index in [1.807, 2.05) is 0 Å². The maximum atomic E-state index is 13.1. The topological polar surface area (TPSA) is 75.8 Å². The van der Waals surface area contributed by atoms with Crippen LogP contribution < -0.4 is 5.73 Å². The average Bonchev–Trinajstić information content (AvgIpc) is 2.61. The van der Waals surface area contributed by atoms with E-state index in [0.717, 1.165) is 16.5 Å².